The van der Waals surface area contributed by atoms with E-state index in [2.05, 4.69) is 28.2 Å². The minimum atomic E-state index is -1.55. The predicted octanol–water partition coefficient (Wildman–Crippen LogP) is -0.999. The second-order valence-corrected chi connectivity index (χ2v) is 29.7. The van der Waals surface area contributed by atoms with E-state index >= 15 is 0 Å². The number of amides is 4. The molecule has 3 saturated heterocycles. The fourth-order valence-corrected chi connectivity index (χ4v) is 12.7. The molecule has 118 heavy (non-hydrogen) atoms. The molecule has 0 aromatic carbocycles. The van der Waals surface area contributed by atoms with E-state index in [1.165, 1.54) is 109 Å². The van der Waals surface area contributed by atoms with Crippen LogP contribution in [-0.2, 0) is 104 Å². The Morgan fingerprint density at radius 3 is 0.737 bits per heavy atom. The summed E-state index contributed by atoms with van der Waals surface area (Å²) in [5.74, 6) is -1.24. The molecule has 3 rings (SSSR count). The highest BCUT2D eigenvalue weighted by atomic mass is 16.7. The largest absolute Gasteiger partial charge is 0.394 e. The normalized spacial score (nSPS) is 23.6. The Morgan fingerprint density at radius 2 is 0.492 bits per heavy atom. The van der Waals surface area contributed by atoms with E-state index in [4.69, 9.17) is 85.3 Å². The second-order valence-electron chi connectivity index (χ2n) is 29.7. The van der Waals surface area contributed by atoms with Crippen molar-refractivity contribution >= 4 is 23.6 Å². The number of nitrogens with one attached hydrogen (secondary N) is 4. The van der Waals surface area contributed by atoms with Crippen LogP contribution in [-0.4, -0.2) is 400 Å². The average Bonchev–Trinajstić information content (AvgIpc) is 0.826. The molecule has 3 fully saturated rings. The highest BCUT2D eigenvalue weighted by molar-refractivity contribution is 5.77. The maximum atomic E-state index is 14.0. The molecule has 3 aliphatic rings. The van der Waals surface area contributed by atoms with E-state index in [0.29, 0.717) is 6.42 Å². The molecule has 3 heterocycles. The number of rotatable bonds is 81. The summed E-state index contributed by atoms with van der Waals surface area (Å²) in [4.78, 5) is 53.0. The number of aliphatic hydroxyl groups excluding tert-OH is 12. The molecule has 696 valence electrons. The lowest BCUT2D eigenvalue weighted by Crippen LogP contribution is -2.59. The lowest BCUT2D eigenvalue weighted by Gasteiger charge is -2.39. The van der Waals surface area contributed by atoms with Crippen molar-refractivity contribution in [2.45, 2.75) is 272 Å². The van der Waals surface area contributed by atoms with Crippen molar-refractivity contribution in [1.29, 1.82) is 0 Å². The zero-order valence-corrected chi connectivity index (χ0v) is 70.2. The first-order chi connectivity index (χ1) is 57.4. The maximum absolute atomic E-state index is 14.0. The van der Waals surface area contributed by atoms with Gasteiger partial charge in [-0.05, 0) is 6.42 Å². The van der Waals surface area contributed by atoms with E-state index < -0.39 is 117 Å². The summed E-state index contributed by atoms with van der Waals surface area (Å²) in [5.41, 5.74) is -1.33. The molecule has 16 N–H and O–H groups in total. The number of unbranched alkanes of at least 4 members (excludes halogenated alkanes) is 21. The first-order valence-electron chi connectivity index (χ1n) is 43.2. The minimum Gasteiger partial charge on any atom is -0.394 e. The van der Waals surface area contributed by atoms with Gasteiger partial charge >= 0.3 is 0 Å². The monoisotopic (exact) mass is 1710 g/mol. The van der Waals surface area contributed by atoms with E-state index in [1.54, 1.807) is 0 Å². The van der Waals surface area contributed by atoms with E-state index in [0.717, 1.165) is 25.7 Å². The smallest absolute Gasteiger partial charge is 0.222 e. The summed E-state index contributed by atoms with van der Waals surface area (Å²) in [6.07, 6.45) is 6.74. The molecular formula is C80H152N4O34. The molecule has 4 amide bonds. The Hall–Kier alpha value is -3.32. The van der Waals surface area contributed by atoms with Gasteiger partial charge in [0.1, 0.15) is 78.8 Å². The van der Waals surface area contributed by atoms with Crippen molar-refractivity contribution in [3.8, 4) is 0 Å². The molecule has 0 aromatic heterocycles. The van der Waals surface area contributed by atoms with Crippen LogP contribution in [0.15, 0.2) is 0 Å². The van der Waals surface area contributed by atoms with Crippen LogP contribution in [0.1, 0.15) is 174 Å². The summed E-state index contributed by atoms with van der Waals surface area (Å²) in [7, 11) is 0. The van der Waals surface area contributed by atoms with Crippen LogP contribution in [0.25, 0.3) is 0 Å². The third kappa shape index (κ3) is 52.5. The molecule has 0 radical (unpaired) electrons. The molecule has 0 aromatic rings. The summed E-state index contributed by atoms with van der Waals surface area (Å²) >= 11 is 0. The van der Waals surface area contributed by atoms with Crippen molar-refractivity contribution in [2.24, 2.45) is 0 Å². The van der Waals surface area contributed by atoms with Gasteiger partial charge in [-0.15, -0.1) is 0 Å². The van der Waals surface area contributed by atoms with Crippen molar-refractivity contribution in [3.63, 3.8) is 0 Å². The van der Waals surface area contributed by atoms with Crippen molar-refractivity contribution < 1.29 is 166 Å². The van der Waals surface area contributed by atoms with E-state index in [1.807, 2.05) is 0 Å². The van der Waals surface area contributed by atoms with Gasteiger partial charge in [0.2, 0.25) is 23.6 Å². The standard InChI is InChI=1S/C80H152N4O34/c1-2-3-4-5-6-7-8-9-10-11-12-13-14-15-16-17-18-19-20-21-22-23-24-67(91)84-80(58-110-31-25-64(88)81-28-34-101-37-40-104-43-46-107-49-52-113-77-74(98)71(95)68(92)61(55-85)116-77,59-111-32-26-65(89)82-29-35-102-38-41-105-44-47-108-50-53-114-78-75(99)72(96)69(93)62(56-86)117-78)60-112-33-27-66(90)83-30-36-103-39-42-106-45-48-109-51-54-115-79-76(100)73(97)70(94)63(57-87)118-79/h61-63,68-79,85-87,92-100H,2-60H2,1H3,(H,81,88)(H,82,89)(H,83,90)(H,84,91)/t61-,62-,63-,68-,69-,70-,71+,72+,73+,74+,75+,76+,77+,78+,79+/m1/s1. The third-order valence-electron chi connectivity index (χ3n) is 19.7. The molecule has 3 aliphatic heterocycles. The maximum Gasteiger partial charge on any atom is 0.222 e. The van der Waals surface area contributed by atoms with Crippen molar-refractivity contribution in [3.05, 3.63) is 0 Å². The zero-order chi connectivity index (χ0) is 85.7. The van der Waals surface area contributed by atoms with Gasteiger partial charge in [0.05, 0.1) is 198 Å². The number of ether oxygens (including phenoxy) is 18. The first-order valence-corrected chi connectivity index (χ1v) is 43.2. The molecule has 38 nitrogen and oxygen atoms in total. The Labute approximate surface area is 697 Å². The topological polar surface area (TPSA) is 525 Å². The Morgan fingerprint density at radius 1 is 0.263 bits per heavy atom. The highest BCUT2D eigenvalue weighted by Crippen LogP contribution is 2.26. The van der Waals surface area contributed by atoms with Gasteiger partial charge in [-0.2, -0.15) is 0 Å². The van der Waals surface area contributed by atoms with E-state index in [9.17, 15) is 80.5 Å². The molecule has 0 aliphatic carbocycles. The number of hydrogen-bond acceptors (Lipinski definition) is 34. The van der Waals surface area contributed by atoms with Crippen LogP contribution in [0.2, 0.25) is 0 Å². The molecule has 15 atom stereocenters. The third-order valence-corrected chi connectivity index (χ3v) is 19.7. The Bertz CT molecular complexity index is 2180. The fourth-order valence-electron chi connectivity index (χ4n) is 12.7. The average molecular weight is 1710 g/mol. The van der Waals surface area contributed by atoms with Crippen LogP contribution in [0.4, 0.5) is 0 Å². The highest BCUT2D eigenvalue weighted by Gasteiger charge is 2.46. The quantitative estimate of drug-likeness (QED) is 0.0325. The number of carbonyl (C=O) groups excluding carboxylic acids is 4. The van der Waals surface area contributed by atoms with E-state index in [-0.39, 0.29) is 247 Å². The summed E-state index contributed by atoms with van der Waals surface area (Å²) in [5, 5.41) is 130. The van der Waals surface area contributed by atoms with Crippen LogP contribution in [0.3, 0.4) is 0 Å². The molecule has 38 heteroatoms. The summed E-state index contributed by atoms with van der Waals surface area (Å²) in [6, 6.07) is 0. The lowest BCUT2D eigenvalue weighted by molar-refractivity contribution is -0.302. The van der Waals surface area contributed by atoms with Gasteiger partial charge < -0.3 is 168 Å². The number of aliphatic hydroxyl groups is 12. The summed E-state index contributed by atoms with van der Waals surface area (Å²) in [6.45, 7) is 4.18. The fraction of sp³-hybridized carbons (Fsp3) is 0.950. The first kappa shape index (κ1) is 109. The van der Waals surface area contributed by atoms with Crippen molar-refractivity contribution in [2.75, 3.05) is 218 Å². The van der Waals surface area contributed by atoms with Gasteiger partial charge in [0.15, 0.2) is 18.9 Å². The van der Waals surface area contributed by atoms with Gasteiger partial charge in [-0.1, -0.05) is 142 Å². The lowest BCUT2D eigenvalue weighted by atomic mass is 9.99. The molecular weight excluding hydrogens is 1560 g/mol. The van der Waals surface area contributed by atoms with Gasteiger partial charge in [-0.25, -0.2) is 0 Å². The molecule has 0 spiro atoms. The zero-order valence-electron chi connectivity index (χ0n) is 70.2. The Kier molecular flexibility index (Phi) is 67.3. The van der Waals surface area contributed by atoms with Crippen LogP contribution in [0, 0.1) is 0 Å². The van der Waals surface area contributed by atoms with Crippen LogP contribution >= 0.6 is 0 Å². The van der Waals surface area contributed by atoms with Gasteiger partial charge in [-0.3, -0.25) is 19.2 Å². The number of hydrogen-bond donors (Lipinski definition) is 16. The SMILES string of the molecule is CCCCCCCCCCCCCCCCCCCCCCCCC(=O)NC(COCCC(=O)NCCOCCOCCOCCO[C@H]1O[C@H](CO)[C@@H](O)[C@H](O)[C@@H]1O)(COCCC(=O)NCCOCCOCCOCCO[C@H]1O[C@H](CO)[C@@H](O)[C@H](O)[C@@H]1O)COCCC(=O)NCCOCCOCCOCCO[C@H]1O[C@H](CO)[C@@H](O)[C@H](O)[C@@H]1O. The molecule has 0 saturated carbocycles. The van der Waals surface area contributed by atoms with Gasteiger partial charge in [0.25, 0.3) is 0 Å². The van der Waals surface area contributed by atoms with Gasteiger partial charge in [0, 0.05) is 45.3 Å². The van der Waals surface area contributed by atoms with Crippen LogP contribution in [0.5, 0.6) is 0 Å². The Balaban J connectivity index is 1.47. The summed E-state index contributed by atoms with van der Waals surface area (Å²) < 4.78 is 100. The van der Waals surface area contributed by atoms with Crippen LogP contribution < -0.4 is 21.3 Å². The number of carbonyl (C=O) groups is 4. The molecule has 0 bridgehead atoms. The predicted molar refractivity (Wildman–Crippen MR) is 425 cm³/mol. The molecule has 0 unspecified atom stereocenters. The second kappa shape index (κ2) is 72.9. The van der Waals surface area contributed by atoms with Crippen molar-refractivity contribution in [1.82, 2.24) is 21.3 Å². The minimum absolute atomic E-state index is 0.00198.